The molecule has 0 radical (unpaired) electrons. The largest absolute Gasteiger partial charge is 0.319 e. The van der Waals surface area contributed by atoms with Gasteiger partial charge in [0.2, 0.25) is 0 Å². The Morgan fingerprint density at radius 1 is 1.44 bits per heavy atom. The van der Waals surface area contributed by atoms with Gasteiger partial charge in [-0.3, -0.25) is 4.79 Å². The van der Waals surface area contributed by atoms with Crippen molar-refractivity contribution in [1.29, 1.82) is 0 Å². The maximum atomic E-state index is 13.6. The van der Waals surface area contributed by atoms with Crippen molar-refractivity contribution >= 4 is 5.78 Å². The molecule has 0 aromatic heterocycles. The Labute approximate surface area is 105 Å². The van der Waals surface area contributed by atoms with Crippen LogP contribution in [0.1, 0.15) is 43.0 Å². The molecule has 0 heterocycles. The van der Waals surface area contributed by atoms with Crippen LogP contribution in [0, 0.1) is 17.6 Å². The first kappa shape index (κ1) is 13.1. The maximum Gasteiger partial charge on any atom is 0.185 e. The van der Waals surface area contributed by atoms with Gasteiger partial charge in [0.15, 0.2) is 17.4 Å². The highest BCUT2D eigenvalue weighted by Gasteiger charge is 2.39. The summed E-state index contributed by atoms with van der Waals surface area (Å²) in [6, 6.07) is 3.63. The van der Waals surface area contributed by atoms with E-state index in [9.17, 15) is 13.6 Å². The van der Waals surface area contributed by atoms with Crippen LogP contribution in [-0.4, -0.2) is 11.3 Å². The van der Waals surface area contributed by atoms with Crippen molar-refractivity contribution in [3.8, 4) is 0 Å². The fraction of sp³-hybridized carbons (Fsp3) is 0.500. The summed E-state index contributed by atoms with van der Waals surface area (Å²) in [5.41, 5.74) is 4.83. The lowest BCUT2D eigenvalue weighted by atomic mass is 9.73. The molecule has 1 aromatic carbocycles. The number of carbonyl (C=O) groups is 1. The van der Waals surface area contributed by atoms with Crippen LogP contribution >= 0.6 is 0 Å². The topological polar surface area (TPSA) is 43.1 Å². The molecule has 0 spiro atoms. The minimum absolute atomic E-state index is 0.230. The average molecular weight is 253 g/mol. The second kappa shape index (κ2) is 4.76. The van der Waals surface area contributed by atoms with E-state index in [1.54, 1.807) is 0 Å². The number of nitrogens with two attached hydrogens (primary N) is 1. The fourth-order valence-electron chi connectivity index (χ4n) is 2.75. The van der Waals surface area contributed by atoms with Crippen LogP contribution in [0.15, 0.2) is 18.2 Å². The van der Waals surface area contributed by atoms with Crippen molar-refractivity contribution in [2.75, 3.05) is 0 Å². The lowest BCUT2D eigenvalue weighted by Crippen LogP contribution is -2.51. The summed E-state index contributed by atoms with van der Waals surface area (Å²) in [6.07, 6.45) is 2.94. The molecule has 1 aliphatic carbocycles. The number of carbonyl (C=O) groups excluding carboxylic acids is 1. The van der Waals surface area contributed by atoms with Crippen LogP contribution < -0.4 is 5.73 Å². The van der Waals surface area contributed by atoms with E-state index in [2.05, 4.69) is 0 Å². The fourth-order valence-corrected chi connectivity index (χ4v) is 2.75. The van der Waals surface area contributed by atoms with Gasteiger partial charge in [0, 0.05) is 0 Å². The molecule has 1 aliphatic rings. The Balaban J connectivity index is 2.33. The third-order valence-electron chi connectivity index (χ3n) is 3.68. The summed E-state index contributed by atoms with van der Waals surface area (Å²) in [7, 11) is 0. The second-order valence-electron chi connectivity index (χ2n) is 5.29. The van der Waals surface area contributed by atoms with E-state index in [1.807, 2.05) is 6.92 Å². The minimum Gasteiger partial charge on any atom is -0.319 e. The molecule has 2 nitrogen and oxygen atoms in total. The van der Waals surface area contributed by atoms with Gasteiger partial charge < -0.3 is 5.73 Å². The number of rotatable bonds is 2. The van der Waals surface area contributed by atoms with Gasteiger partial charge >= 0.3 is 0 Å². The van der Waals surface area contributed by atoms with Crippen molar-refractivity contribution < 1.29 is 13.6 Å². The summed E-state index contributed by atoms with van der Waals surface area (Å²) >= 11 is 0. The third-order valence-corrected chi connectivity index (χ3v) is 3.68. The third kappa shape index (κ3) is 2.29. The summed E-state index contributed by atoms with van der Waals surface area (Å²) < 4.78 is 26.8. The normalized spacial score (nSPS) is 28.1. The molecule has 2 atom stereocenters. The van der Waals surface area contributed by atoms with Crippen molar-refractivity contribution in [2.24, 2.45) is 11.7 Å². The molecule has 98 valence electrons. The van der Waals surface area contributed by atoms with E-state index in [-0.39, 0.29) is 5.56 Å². The lowest BCUT2D eigenvalue weighted by molar-refractivity contribution is 0.0814. The van der Waals surface area contributed by atoms with E-state index < -0.39 is 23.0 Å². The zero-order chi connectivity index (χ0) is 13.3. The van der Waals surface area contributed by atoms with Gasteiger partial charge in [-0.15, -0.1) is 0 Å². The van der Waals surface area contributed by atoms with Gasteiger partial charge in [-0.05, 0) is 30.9 Å². The first-order valence-electron chi connectivity index (χ1n) is 6.22. The number of ketones is 1. The van der Waals surface area contributed by atoms with Gasteiger partial charge in [-0.2, -0.15) is 0 Å². The van der Waals surface area contributed by atoms with E-state index in [1.165, 1.54) is 12.1 Å². The molecule has 0 saturated heterocycles. The Hall–Kier alpha value is -1.29. The van der Waals surface area contributed by atoms with Crippen LogP contribution in [0.3, 0.4) is 0 Å². The van der Waals surface area contributed by atoms with Gasteiger partial charge in [-0.25, -0.2) is 8.78 Å². The van der Waals surface area contributed by atoms with Crippen LogP contribution in [0.4, 0.5) is 8.78 Å². The van der Waals surface area contributed by atoms with Gasteiger partial charge in [-0.1, -0.05) is 25.8 Å². The number of benzene rings is 1. The average Bonchev–Trinajstić information content (AvgIpc) is 2.31. The van der Waals surface area contributed by atoms with Crippen LogP contribution in [0.2, 0.25) is 0 Å². The van der Waals surface area contributed by atoms with E-state index in [0.717, 1.165) is 18.9 Å². The monoisotopic (exact) mass is 253 g/mol. The molecule has 1 fully saturated rings. The first-order valence-corrected chi connectivity index (χ1v) is 6.22. The molecule has 1 aromatic rings. The number of hydrogen-bond acceptors (Lipinski definition) is 2. The predicted molar refractivity (Wildman–Crippen MR) is 65.2 cm³/mol. The molecule has 1 saturated carbocycles. The van der Waals surface area contributed by atoms with E-state index in [4.69, 9.17) is 5.73 Å². The quantitative estimate of drug-likeness (QED) is 0.823. The summed E-state index contributed by atoms with van der Waals surface area (Å²) in [6.45, 7) is 2.02. The SMILES string of the molecule is CC1CCCC(N)(C(=O)c2cccc(F)c2F)C1. The lowest BCUT2D eigenvalue weighted by Gasteiger charge is -2.35. The Morgan fingerprint density at radius 3 is 2.83 bits per heavy atom. The summed E-state index contributed by atoms with van der Waals surface area (Å²) in [5, 5.41) is 0. The van der Waals surface area contributed by atoms with Gasteiger partial charge in [0.25, 0.3) is 0 Å². The highest BCUT2D eigenvalue weighted by atomic mass is 19.2. The molecule has 18 heavy (non-hydrogen) atoms. The molecule has 0 bridgehead atoms. The number of halogens is 2. The Bertz CT molecular complexity index is 475. The summed E-state index contributed by atoms with van der Waals surface area (Å²) in [4.78, 5) is 12.3. The Kier molecular flexibility index (Phi) is 3.48. The van der Waals surface area contributed by atoms with Gasteiger partial charge in [0.05, 0.1) is 11.1 Å². The van der Waals surface area contributed by atoms with Crippen molar-refractivity contribution in [3.63, 3.8) is 0 Å². The maximum absolute atomic E-state index is 13.6. The zero-order valence-electron chi connectivity index (χ0n) is 10.4. The molecule has 2 unspecified atom stereocenters. The molecular weight excluding hydrogens is 236 g/mol. The van der Waals surface area contributed by atoms with E-state index in [0.29, 0.717) is 18.8 Å². The smallest absolute Gasteiger partial charge is 0.185 e. The zero-order valence-corrected chi connectivity index (χ0v) is 10.4. The van der Waals surface area contributed by atoms with Crippen LogP contribution in [0.25, 0.3) is 0 Å². The first-order chi connectivity index (χ1) is 8.44. The van der Waals surface area contributed by atoms with Crippen molar-refractivity contribution in [1.82, 2.24) is 0 Å². The summed E-state index contributed by atoms with van der Waals surface area (Å²) in [5.74, 6) is -2.24. The molecule has 0 amide bonds. The van der Waals surface area contributed by atoms with Crippen LogP contribution in [-0.2, 0) is 0 Å². The van der Waals surface area contributed by atoms with Crippen molar-refractivity contribution in [3.05, 3.63) is 35.4 Å². The molecule has 4 heteroatoms. The van der Waals surface area contributed by atoms with E-state index >= 15 is 0 Å². The highest BCUT2D eigenvalue weighted by Crippen LogP contribution is 2.33. The molecule has 2 rings (SSSR count). The predicted octanol–water partition coefficient (Wildman–Crippen LogP) is 3.06. The highest BCUT2D eigenvalue weighted by molar-refractivity contribution is 6.03. The van der Waals surface area contributed by atoms with Crippen LogP contribution in [0.5, 0.6) is 0 Å². The second-order valence-corrected chi connectivity index (χ2v) is 5.29. The van der Waals surface area contributed by atoms with Gasteiger partial charge in [0.1, 0.15) is 0 Å². The number of Topliss-reactive ketones (excluding diaryl/α,β-unsaturated/α-hetero) is 1. The molecule has 0 aliphatic heterocycles. The standard InChI is InChI=1S/C14H17F2NO/c1-9-4-3-7-14(17,8-9)13(18)10-5-2-6-11(15)12(10)16/h2,5-6,9H,3-4,7-8,17H2,1H3. The molecule has 2 N–H and O–H groups in total. The minimum atomic E-state index is -1.09. The van der Waals surface area contributed by atoms with Crippen molar-refractivity contribution in [2.45, 2.75) is 38.1 Å². The number of hydrogen-bond donors (Lipinski definition) is 1. The Morgan fingerprint density at radius 2 is 2.17 bits per heavy atom. The molecular formula is C14H17F2NO.